The lowest BCUT2D eigenvalue weighted by molar-refractivity contribution is -0.125. The minimum atomic E-state index is -0.190. The van der Waals surface area contributed by atoms with Crippen molar-refractivity contribution in [2.75, 3.05) is 20.3 Å². The number of amides is 1. The summed E-state index contributed by atoms with van der Waals surface area (Å²) in [6, 6.07) is 15.5. The molecule has 3 rings (SSSR count). The average molecular weight is 355 g/mol. The van der Waals surface area contributed by atoms with Crippen molar-refractivity contribution in [1.29, 1.82) is 0 Å². The predicted molar refractivity (Wildman–Crippen MR) is 99.8 cm³/mol. The third-order valence-electron chi connectivity index (χ3n) is 4.47. The van der Waals surface area contributed by atoms with Crippen LogP contribution in [-0.2, 0) is 11.3 Å². The van der Waals surface area contributed by atoms with Crippen molar-refractivity contribution in [2.24, 2.45) is 5.92 Å². The molecule has 26 heavy (non-hydrogen) atoms. The molecule has 0 saturated carbocycles. The van der Waals surface area contributed by atoms with Gasteiger partial charge in [0.1, 0.15) is 11.5 Å². The molecule has 1 heterocycles. The molecular formula is C20H25N3O3. The Kier molecular flexibility index (Phi) is 6.09. The zero-order valence-electron chi connectivity index (χ0n) is 15.1. The van der Waals surface area contributed by atoms with Gasteiger partial charge in [-0.2, -0.15) is 0 Å². The van der Waals surface area contributed by atoms with Crippen molar-refractivity contribution in [2.45, 2.75) is 19.5 Å². The smallest absolute Gasteiger partial charge is 0.226 e. The second-order valence-corrected chi connectivity index (χ2v) is 6.18. The Bertz CT molecular complexity index is 733. The molecule has 1 aliphatic rings. The number of benzene rings is 2. The predicted octanol–water partition coefficient (Wildman–Crippen LogP) is 2.18. The van der Waals surface area contributed by atoms with Crippen LogP contribution < -0.4 is 25.6 Å². The summed E-state index contributed by atoms with van der Waals surface area (Å²) in [4.78, 5) is 12.7. The van der Waals surface area contributed by atoms with Crippen molar-refractivity contribution in [3.05, 3.63) is 59.7 Å². The van der Waals surface area contributed by atoms with E-state index in [0.717, 1.165) is 22.6 Å². The number of carbonyl (C=O) groups is 1. The minimum absolute atomic E-state index is 0.0178. The second kappa shape index (κ2) is 8.69. The van der Waals surface area contributed by atoms with Crippen molar-refractivity contribution >= 4 is 5.91 Å². The quantitative estimate of drug-likeness (QED) is 0.710. The highest BCUT2D eigenvalue weighted by Crippen LogP contribution is 2.27. The molecule has 1 fully saturated rings. The first-order valence-corrected chi connectivity index (χ1v) is 8.83. The fourth-order valence-corrected chi connectivity index (χ4v) is 3.08. The summed E-state index contributed by atoms with van der Waals surface area (Å²) in [7, 11) is 1.64. The van der Waals surface area contributed by atoms with Gasteiger partial charge in [-0.25, -0.2) is 5.43 Å². The van der Waals surface area contributed by atoms with Gasteiger partial charge in [0.15, 0.2) is 0 Å². The molecule has 3 N–H and O–H groups in total. The Hall–Kier alpha value is -2.57. The lowest BCUT2D eigenvalue weighted by Crippen LogP contribution is -2.34. The number of hydrazine groups is 1. The molecule has 2 unspecified atom stereocenters. The summed E-state index contributed by atoms with van der Waals surface area (Å²) in [5, 5.41) is 3.03. The molecule has 138 valence electrons. The SMILES string of the molecule is CCOc1ccc(CNC(=O)C2CNNC2c2cccc(OC)c2)cc1. The van der Waals surface area contributed by atoms with E-state index in [1.54, 1.807) is 7.11 Å². The van der Waals surface area contributed by atoms with E-state index in [1.165, 1.54) is 0 Å². The molecule has 1 amide bonds. The maximum Gasteiger partial charge on any atom is 0.226 e. The molecule has 2 aromatic rings. The maximum absolute atomic E-state index is 12.7. The molecule has 6 nitrogen and oxygen atoms in total. The van der Waals surface area contributed by atoms with Crippen LogP contribution in [0, 0.1) is 5.92 Å². The van der Waals surface area contributed by atoms with Gasteiger partial charge < -0.3 is 14.8 Å². The van der Waals surface area contributed by atoms with Crippen LogP contribution in [0.5, 0.6) is 11.5 Å². The molecule has 0 bridgehead atoms. The number of nitrogens with one attached hydrogen (secondary N) is 3. The van der Waals surface area contributed by atoms with Gasteiger partial charge in [0.25, 0.3) is 0 Å². The van der Waals surface area contributed by atoms with E-state index in [0.29, 0.717) is 19.7 Å². The van der Waals surface area contributed by atoms with Gasteiger partial charge in [0, 0.05) is 13.1 Å². The fourth-order valence-electron chi connectivity index (χ4n) is 3.08. The van der Waals surface area contributed by atoms with Gasteiger partial charge >= 0.3 is 0 Å². The van der Waals surface area contributed by atoms with Crippen LogP contribution in [-0.4, -0.2) is 26.2 Å². The number of rotatable bonds is 7. The molecule has 6 heteroatoms. The Balaban J connectivity index is 1.61. The molecule has 1 saturated heterocycles. The van der Waals surface area contributed by atoms with Crippen LogP contribution in [0.2, 0.25) is 0 Å². The number of hydrogen-bond acceptors (Lipinski definition) is 5. The molecule has 0 radical (unpaired) electrons. The first-order valence-electron chi connectivity index (χ1n) is 8.83. The third-order valence-corrected chi connectivity index (χ3v) is 4.47. The van der Waals surface area contributed by atoms with Crippen LogP contribution >= 0.6 is 0 Å². The number of ether oxygens (including phenoxy) is 2. The molecule has 2 atom stereocenters. The normalized spacial score (nSPS) is 19.2. The number of carbonyl (C=O) groups excluding carboxylic acids is 1. The number of methoxy groups -OCH3 is 1. The summed E-state index contributed by atoms with van der Waals surface area (Å²) >= 11 is 0. The monoisotopic (exact) mass is 355 g/mol. The van der Waals surface area contributed by atoms with Gasteiger partial charge in [0.05, 0.1) is 25.7 Å². The van der Waals surface area contributed by atoms with Crippen molar-refractivity contribution in [3.8, 4) is 11.5 Å². The minimum Gasteiger partial charge on any atom is -0.497 e. The van der Waals surface area contributed by atoms with E-state index >= 15 is 0 Å². The van der Waals surface area contributed by atoms with Crippen LogP contribution in [0.25, 0.3) is 0 Å². The van der Waals surface area contributed by atoms with E-state index in [1.807, 2.05) is 55.5 Å². The van der Waals surface area contributed by atoms with Gasteiger partial charge in [-0.1, -0.05) is 24.3 Å². The van der Waals surface area contributed by atoms with E-state index in [-0.39, 0.29) is 17.9 Å². The molecule has 0 aliphatic carbocycles. The Morgan fingerprint density at radius 2 is 2.00 bits per heavy atom. The lowest BCUT2D eigenvalue weighted by Gasteiger charge is -2.19. The average Bonchev–Trinajstić information content (AvgIpc) is 3.17. The van der Waals surface area contributed by atoms with Crippen molar-refractivity contribution < 1.29 is 14.3 Å². The van der Waals surface area contributed by atoms with Crippen LogP contribution in [0.3, 0.4) is 0 Å². The third kappa shape index (κ3) is 4.33. The zero-order valence-corrected chi connectivity index (χ0v) is 15.1. The van der Waals surface area contributed by atoms with E-state index in [9.17, 15) is 4.79 Å². The summed E-state index contributed by atoms with van der Waals surface area (Å²) in [5.41, 5.74) is 8.35. The van der Waals surface area contributed by atoms with Gasteiger partial charge in [0.2, 0.25) is 5.91 Å². The topological polar surface area (TPSA) is 71.6 Å². The Morgan fingerprint density at radius 3 is 2.73 bits per heavy atom. The maximum atomic E-state index is 12.7. The largest absolute Gasteiger partial charge is 0.497 e. The highest BCUT2D eigenvalue weighted by Gasteiger charge is 2.33. The fraction of sp³-hybridized carbons (Fsp3) is 0.350. The van der Waals surface area contributed by atoms with E-state index in [2.05, 4.69) is 16.2 Å². The summed E-state index contributed by atoms with van der Waals surface area (Å²) in [6.07, 6.45) is 0. The Labute approximate surface area is 153 Å². The van der Waals surface area contributed by atoms with Crippen LogP contribution in [0.1, 0.15) is 24.1 Å². The summed E-state index contributed by atoms with van der Waals surface area (Å²) < 4.78 is 10.7. The highest BCUT2D eigenvalue weighted by molar-refractivity contribution is 5.80. The Morgan fingerprint density at radius 1 is 1.19 bits per heavy atom. The lowest BCUT2D eigenvalue weighted by atomic mass is 9.94. The zero-order chi connectivity index (χ0) is 18.4. The van der Waals surface area contributed by atoms with Gasteiger partial charge in [-0.15, -0.1) is 0 Å². The highest BCUT2D eigenvalue weighted by atomic mass is 16.5. The molecule has 1 aliphatic heterocycles. The van der Waals surface area contributed by atoms with Gasteiger partial charge in [-0.05, 0) is 42.3 Å². The van der Waals surface area contributed by atoms with Gasteiger partial charge in [-0.3, -0.25) is 10.2 Å². The summed E-state index contributed by atoms with van der Waals surface area (Å²) in [5.74, 6) is 1.45. The van der Waals surface area contributed by atoms with Crippen LogP contribution in [0.15, 0.2) is 48.5 Å². The second-order valence-electron chi connectivity index (χ2n) is 6.18. The van der Waals surface area contributed by atoms with Crippen molar-refractivity contribution in [3.63, 3.8) is 0 Å². The standard InChI is InChI=1S/C20H25N3O3/c1-3-26-16-9-7-14(8-10-16)12-21-20(24)18-13-22-23-19(18)15-5-4-6-17(11-15)25-2/h4-11,18-19,22-23H,3,12-13H2,1-2H3,(H,21,24). The first kappa shape index (κ1) is 18.2. The van der Waals surface area contributed by atoms with Crippen LogP contribution in [0.4, 0.5) is 0 Å². The summed E-state index contributed by atoms with van der Waals surface area (Å²) in [6.45, 7) is 3.67. The number of hydrogen-bond donors (Lipinski definition) is 3. The van der Waals surface area contributed by atoms with E-state index < -0.39 is 0 Å². The molecule has 0 aromatic heterocycles. The molecule has 0 spiro atoms. The van der Waals surface area contributed by atoms with Crippen molar-refractivity contribution in [1.82, 2.24) is 16.2 Å². The first-order chi connectivity index (χ1) is 12.7. The molecular weight excluding hydrogens is 330 g/mol. The molecule has 2 aromatic carbocycles. The van der Waals surface area contributed by atoms with E-state index in [4.69, 9.17) is 9.47 Å².